The van der Waals surface area contributed by atoms with Gasteiger partial charge >= 0.3 is 5.97 Å². The Labute approximate surface area is 245 Å². The fourth-order valence-electron chi connectivity index (χ4n) is 4.57. The number of benzene rings is 2. The lowest BCUT2D eigenvalue weighted by Crippen LogP contribution is -2.57. The van der Waals surface area contributed by atoms with Crippen LogP contribution >= 0.6 is 24.8 Å². The first kappa shape index (κ1) is 34.9. The molecule has 4 bridgehead atoms. The summed E-state index contributed by atoms with van der Waals surface area (Å²) in [7, 11) is 1.30. The van der Waals surface area contributed by atoms with Crippen molar-refractivity contribution in [1.29, 1.82) is 0 Å². The topological polar surface area (TPSA) is 185 Å². The van der Waals surface area contributed by atoms with Gasteiger partial charge in [-0.2, -0.15) is 0 Å². The second-order valence-electron chi connectivity index (χ2n) is 9.96. The first-order chi connectivity index (χ1) is 17.9. The molecule has 8 N–H and O–H groups in total. The highest BCUT2D eigenvalue weighted by atomic mass is 35.5. The zero-order valence-electron chi connectivity index (χ0n) is 22.5. The minimum Gasteiger partial charge on any atom is -0.508 e. The summed E-state index contributed by atoms with van der Waals surface area (Å²) < 4.78 is 0. The number of nitrogens with one attached hydrogen (secondary N) is 2. The number of fused-ring (bicyclic) bond motifs is 5. The SMILES string of the molecule is CC(C)N[C@H]1Cc2cc(ccc2O)-c2ccc(O)c(c2)C[C@@H](C(=O)O)N(C)C(=O)[C@H](C[C@@H](O)CN)NC1=O.Cl.Cl. The number of hydrogen-bond acceptors (Lipinski definition) is 8. The number of phenols is 2. The molecule has 1 aliphatic heterocycles. The van der Waals surface area contributed by atoms with Crippen LogP contribution in [-0.4, -0.2) is 87.0 Å². The van der Waals surface area contributed by atoms with E-state index in [2.05, 4.69) is 10.6 Å². The lowest BCUT2D eigenvalue weighted by atomic mass is 9.95. The number of hydrogen-bond donors (Lipinski definition) is 7. The zero-order chi connectivity index (χ0) is 28.1. The normalized spacial score (nSPS) is 20.4. The molecule has 2 aromatic rings. The van der Waals surface area contributed by atoms with E-state index >= 15 is 0 Å². The molecule has 0 fully saturated rings. The van der Waals surface area contributed by atoms with Crippen molar-refractivity contribution in [3.8, 4) is 22.6 Å². The number of aliphatic hydroxyl groups is 1. The minimum absolute atomic E-state index is 0. The van der Waals surface area contributed by atoms with E-state index in [1.54, 1.807) is 24.3 Å². The maximum atomic E-state index is 13.5. The molecule has 0 radical (unpaired) electrons. The number of phenolic OH excluding ortho intramolecular Hbond substituents is 2. The Morgan fingerprint density at radius 1 is 1.05 bits per heavy atom. The largest absolute Gasteiger partial charge is 0.508 e. The van der Waals surface area contributed by atoms with Crippen LogP contribution in [0.15, 0.2) is 36.4 Å². The third-order valence-electron chi connectivity index (χ3n) is 6.68. The molecule has 13 heteroatoms. The first-order valence-corrected chi connectivity index (χ1v) is 12.5. The van der Waals surface area contributed by atoms with Crippen LogP contribution in [-0.2, 0) is 27.2 Å². The highest BCUT2D eigenvalue weighted by molar-refractivity contribution is 5.92. The number of nitrogens with two attached hydrogens (primary N) is 1. The Hall–Kier alpha value is -3.09. The van der Waals surface area contributed by atoms with E-state index in [4.69, 9.17) is 5.73 Å². The lowest BCUT2D eigenvalue weighted by molar-refractivity contribution is -0.150. The average molecular weight is 602 g/mol. The molecule has 2 amide bonds. The first-order valence-electron chi connectivity index (χ1n) is 12.5. The van der Waals surface area contributed by atoms with Crippen LogP contribution in [0.3, 0.4) is 0 Å². The molecule has 0 saturated carbocycles. The molecule has 2 aromatic carbocycles. The third-order valence-corrected chi connectivity index (χ3v) is 6.68. The van der Waals surface area contributed by atoms with Crippen molar-refractivity contribution in [3.05, 3.63) is 47.5 Å². The summed E-state index contributed by atoms with van der Waals surface area (Å²) >= 11 is 0. The van der Waals surface area contributed by atoms with Crippen LogP contribution in [0.2, 0.25) is 0 Å². The van der Waals surface area contributed by atoms with Crippen molar-refractivity contribution >= 4 is 42.6 Å². The predicted molar refractivity (Wildman–Crippen MR) is 155 cm³/mol. The number of halogens is 2. The molecule has 11 nitrogen and oxygen atoms in total. The van der Waals surface area contributed by atoms with E-state index in [1.807, 2.05) is 13.8 Å². The van der Waals surface area contributed by atoms with E-state index < -0.39 is 42.0 Å². The molecule has 0 saturated heterocycles. The number of carbonyl (C=O) groups is 3. The molecular weight excluding hydrogens is 563 g/mol. The molecule has 1 heterocycles. The molecule has 0 unspecified atom stereocenters. The summed E-state index contributed by atoms with van der Waals surface area (Å²) in [6.07, 6.45) is -1.48. The second-order valence-corrected chi connectivity index (χ2v) is 9.96. The van der Waals surface area contributed by atoms with Crippen LogP contribution in [0.25, 0.3) is 11.1 Å². The van der Waals surface area contributed by atoms with Crippen LogP contribution in [0.1, 0.15) is 31.4 Å². The van der Waals surface area contributed by atoms with Gasteiger partial charge in [0.25, 0.3) is 0 Å². The number of likely N-dealkylation sites (N-methyl/N-ethyl adjacent to an activating group) is 1. The maximum Gasteiger partial charge on any atom is 0.326 e. The molecule has 3 rings (SSSR count). The highest BCUT2D eigenvalue weighted by Gasteiger charge is 2.35. The number of amides is 2. The zero-order valence-corrected chi connectivity index (χ0v) is 24.2. The van der Waals surface area contributed by atoms with E-state index in [0.717, 1.165) is 4.90 Å². The molecule has 222 valence electrons. The summed E-state index contributed by atoms with van der Waals surface area (Å²) in [6.45, 7) is 3.53. The van der Waals surface area contributed by atoms with Crippen molar-refractivity contribution < 1.29 is 34.8 Å². The summed E-state index contributed by atoms with van der Waals surface area (Å²) in [5.74, 6) is -2.73. The molecular formula is C27H38Cl2N4O7. The quantitative estimate of drug-likeness (QED) is 0.255. The van der Waals surface area contributed by atoms with Gasteiger partial charge in [0.05, 0.1) is 12.1 Å². The van der Waals surface area contributed by atoms with Crippen molar-refractivity contribution in [2.45, 2.75) is 63.4 Å². The predicted octanol–water partition coefficient (Wildman–Crippen LogP) is 1.18. The number of aliphatic carboxylic acids is 1. The Bertz CT molecular complexity index is 1200. The van der Waals surface area contributed by atoms with E-state index in [-0.39, 0.29) is 68.2 Å². The summed E-state index contributed by atoms with van der Waals surface area (Å²) in [5, 5.41) is 47.1. The van der Waals surface area contributed by atoms with Gasteiger partial charge in [-0.05, 0) is 46.5 Å². The van der Waals surface area contributed by atoms with Gasteiger partial charge in [-0.25, -0.2) is 4.79 Å². The number of carboxylic acid groups (broad SMARTS) is 1. The van der Waals surface area contributed by atoms with Gasteiger partial charge in [-0.3, -0.25) is 9.59 Å². The third kappa shape index (κ3) is 8.45. The summed E-state index contributed by atoms with van der Waals surface area (Å²) in [6, 6.07) is 6.06. The fourth-order valence-corrected chi connectivity index (χ4v) is 4.57. The molecule has 0 aromatic heterocycles. The number of aliphatic hydroxyl groups excluding tert-OH is 1. The van der Waals surface area contributed by atoms with Crippen LogP contribution < -0.4 is 16.4 Å². The monoisotopic (exact) mass is 600 g/mol. The standard InChI is InChI=1S/C27H36N4O7.2ClH/c1-14(2)29-20-10-17-8-15(4-6-23(17)33)16-5-7-24(34)18(9-16)11-22(27(37)38)31(3)26(36)21(30-25(20)35)12-19(32)13-28;;/h4-9,14,19-22,29,32-34H,10-13,28H2,1-3H3,(H,30,35)(H,37,38);2*1H/t19-,20+,21+,22+;;/m1../s1. The van der Waals surface area contributed by atoms with Gasteiger partial charge in [0.1, 0.15) is 23.6 Å². The molecule has 0 spiro atoms. The lowest BCUT2D eigenvalue weighted by Gasteiger charge is -2.31. The number of nitrogens with zero attached hydrogens (tertiary/aromatic N) is 1. The maximum absolute atomic E-state index is 13.5. The smallest absolute Gasteiger partial charge is 0.326 e. The van der Waals surface area contributed by atoms with Crippen LogP contribution in [0.4, 0.5) is 0 Å². The minimum atomic E-state index is -1.37. The Morgan fingerprint density at radius 2 is 1.57 bits per heavy atom. The summed E-state index contributed by atoms with van der Waals surface area (Å²) in [4.78, 5) is 40.2. The van der Waals surface area contributed by atoms with Crippen molar-refractivity contribution in [2.75, 3.05) is 13.6 Å². The van der Waals surface area contributed by atoms with Gasteiger partial charge in [-0.1, -0.05) is 26.0 Å². The van der Waals surface area contributed by atoms with E-state index in [1.165, 1.54) is 19.2 Å². The summed E-state index contributed by atoms with van der Waals surface area (Å²) in [5.41, 5.74) is 7.69. The van der Waals surface area contributed by atoms with Crippen molar-refractivity contribution in [1.82, 2.24) is 15.5 Å². The van der Waals surface area contributed by atoms with Gasteiger partial charge in [0.2, 0.25) is 11.8 Å². The van der Waals surface area contributed by atoms with Gasteiger partial charge in [-0.15, -0.1) is 24.8 Å². The Balaban J connectivity index is 0.00000400. The molecule has 0 aliphatic carbocycles. The van der Waals surface area contributed by atoms with Crippen LogP contribution in [0.5, 0.6) is 11.5 Å². The van der Waals surface area contributed by atoms with E-state index in [9.17, 15) is 34.8 Å². The molecule has 1 aliphatic rings. The Kier molecular flexibility index (Phi) is 13.2. The number of rotatable bonds is 6. The average Bonchev–Trinajstić information content (AvgIpc) is 2.86. The highest BCUT2D eigenvalue weighted by Crippen LogP contribution is 2.31. The number of carbonyl (C=O) groups excluding carboxylic acids is 2. The van der Waals surface area contributed by atoms with Gasteiger partial charge in [0.15, 0.2) is 0 Å². The number of aromatic hydroxyl groups is 2. The fraction of sp³-hybridized carbons (Fsp3) is 0.444. The van der Waals surface area contributed by atoms with Gasteiger partial charge in [0, 0.05) is 38.9 Å². The van der Waals surface area contributed by atoms with Crippen molar-refractivity contribution in [2.24, 2.45) is 5.73 Å². The van der Waals surface area contributed by atoms with Crippen molar-refractivity contribution in [3.63, 3.8) is 0 Å². The van der Waals surface area contributed by atoms with Crippen LogP contribution in [0, 0.1) is 0 Å². The Morgan fingerprint density at radius 3 is 2.05 bits per heavy atom. The second kappa shape index (κ2) is 15.1. The van der Waals surface area contributed by atoms with Gasteiger partial charge < -0.3 is 41.7 Å². The molecule has 40 heavy (non-hydrogen) atoms. The number of carboxylic acids is 1. The molecule has 4 atom stereocenters. The van der Waals surface area contributed by atoms with E-state index in [0.29, 0.717) is 22.3 Å².